The van der Waals surface area contributed by atoms with Gasteiger partial charge in [-0.25, -0.2) is 0 Å². The summed E-state index contributed by atoms with van der Waals surface area (Å²) in [5.74, 6) is 0. The molecule has 2 nitrogen and oxygen atoms in total. The van der Waals surface area contributed by atoms with Gasteiger partial charge in [0.15, 0.2) is 0 Å². The first-order valence-corrected chi connectivity index (χ1v) is 6.64. The molecule has 0 radical (unpaired) electrons. The number of halogens is 1. The Hall–Kier alpha value is -0.380. The number of hydrogen-bond donors (Lipinski definition) is 2. The van der Waals surface area contributed by atoms with Crippen molar-refractivity contribution in [3.8, 4) is 0 Å². The minimum absolute atomic E-state index is 0.0982. The maximum Gasteiger partial charge on any atom is 0.0616 e. The van der Waals surface area contributed by atoms with Gasteiger partial charge in [0.25, 0.3) is 0 Å². The maximum atomic E-state index is 9.60. The molecule has 1 aliphatic rings. The molecule has 0 saturated carbocycles. The predicted octanol–water partition coefficient (Wildman–Crippen LogP) is 2.50. The summed E-state index contributed by atoms with van der Waals surface area (Å²) in [4.78, 5) is 0. The summed E-state index contributed by atoms with van der Waals surface area (Å²) in [5, 5.41) is 13.1. The van der Waals surface area contributed by atoms with Gasteiger partial charge in [-0.2, -0.15) is 0 Å². The SMILES string of the molecule is OCC1(Cc2cccc(Br)c2)CCCCN1. The number of aliphatic hydroxyl groups excluding tert-OH is 1. The molecule has 0 bridgehead atoms. The second-order valence-corrected chi connectivity index (χ2v) is 5.54. The van der Waals surface area contributed by atoms with Gasteiger partial charge in [0.1, 0.15) is 0 Å². The molecule has 1 atom stereocenters. The highest BCUT2D eigenvalue weighted by Gasteiger charge is 2.30. The van der Waals surface area contributed by atoms with Gasteiger partial charge in [0, 0.05) is 10.0 Å². The van der Waals surface area contributed by atoms with Crippen molar-refractivity contribution in [3.63, 3.8) is 0 Å². The Morgan fingerprint density at radius 2 is 2.25 bits per heavy atom. The lowest BCUT2D eigenvalue weighted by Crippen LogP contribution is -2.53. The predicted molar refractivity (Wildman–Crippen MR) is 69.5 cm³/mol. The Morgan fingerprint density at radius 3 is 2.88 bits per heavy atom. The molecule has 88 valence electrons. The molecule has 0 spiro atoms. The van der Waals surface area contributed by atoms with Crippen LogP contribution in [0.2, 0.25) is 0 Å². The molecule has 0 amide bonds. The zero-order chi connectivity index (χ0) is 11.4. The lowest BCUT2D eigenvalue weighted by Gasteiger charge is -2.37. The van der Waals surface area contributed by atoms with E-state index in [1.54, 1.807) is 0 Å². The molecular formula is C13H18BrNO. The first-order chi connectivity index (χ1) is 7.74. The van der Waals surface area contributed by atoms with Gasteiger partial charge >= 0.3 is 0 Å². The zero-order valence-electron chi connectivity index (χ0n) is 9.38. The van der Waals surface area contributed by atoms with Crippen LogP contribution in [0.3, 0.4) is 0 Å². The molecule has 3 heteroatoms. The van der Waals surface area contributed by atoms with Crippen molar-refractivity contribution in [3.05, 3.63) is 34.3 Å². The van der Waals surface area contributed by atoms with Crippen LogP contribution < -0.4 is 5.32 Å². The van der Waals surface area contributed by atoms with E-state index in [1.165, 1.54) is 18.4 Å². The number of rotatable bonds is 3. The Labute approximate surface area is 105 Å². The van der Waals surface area contributed by atoms with Gasteiger partial charge in [-0.05, 0) is 43.5 Å². The van der Waals surface area contributed by atoms with Crippen molar-refractivity contribution in [1.82, 2.24) is 5.32 Å². The van der Waals surface area contributed by atoms with Crippen molar-refractivity contribution >= 4 is 15.9 Å². The van der Waals surface area contributed by atoms with Gasteiger partial charge in [-0.1, -0.05) is 34.5 Å². The number of benzene rings is 1. The van der Waals surface area contributed by atoms with E-state index >= 15 is 0 Å². The molecular weight excluding hydrogens is 266 g/mol. The van der Waals surface area contributed by atoms with Crippen LogP contribution in [0.25, 0.3) is 0 Å². The van der Waals surface area contributed by atoms with Crippen molar-refractivity contribution < 1.29 is 5.11 Å². The second kappa shape index (κ2) is 5.30. The summed E-state index contributed by atoms with van der Waals surface area (Å²) < 4.78 is 1.11. The highest BCUT2D eigenvalue weighted by molar-refractivity contribution is 9.10. The van der Waals surface area contributed by atoms with E-state index in [1.807, 2.05) is 12.1 Å². The van der Waals surface area contributed by atoms with E-state index in [0.717, 1.165) is 23.9 Å². The smallest absolute Gasteiger partial charge is 0.0616 e. The van der Waals surface area contributed by atoms with Gasteiger partial charge in [-0.3, -0.25) is 0 Å². The molecule has 1 aromatic carbocycles. The third-order valence-electron chi connectivity index (χ3n) is 3.32. The molecule has 0 aliphatic carbocycles. The van der Waals surface area contributed by atoms with E-state index in [-0.39, 0.29) is 12.1 Å². The highest BCUT2D eigenvalue weighted by Crippen LogP contribution is 2.24. The van der Waals surface area contributed by atoms with Crippen molar-refractivity contribution in [1.29, 1.82) is 0 Å². The normalized spacial score (nSPS) is 25.6. The minimum Gasteiger partial charge on any atom is -0.394 e. The van der Waals surface area contributed by atoms with Gasteiger partial charge in [0.05, 0.1) is 6.61 Å². The zero-order valence-corrected chi connectivity index (χ0v) is 11.0. The molecule has 2 rings (SSSR count). The molecule has 1 heterocycles. The average molecular weight is 284 g/mol. The van der Waals surface area contributed by atoms with E-state index in [2.05, 4.69) is 33.4 Å². The molecule has 16 heavy (non-hydrogen) atoms. The van der Waals surface area contributed by atoms with Gasteiger partial charge < -0.3 is 10.4 Å². The first-order valence-electron chi connectivity index (χ1n) is 5.84. The summed E-state index contributed by atoms with van der Waals surface area (Å²) in [7, 11) is 0. The van der Waals surface area contributed by atoms with Crippen molar-refractivity contribution in [2.45, 2.75) is 31.2 Å². The van der Waals surface area contributed by atoms with Gasteiger partial charge in [0.2, 0.25) is 0 Å². The third-order valence-corrected chi connectivity index (χ3v) is 3.81. The Bertz CT molecular complexity index is 348. The molecule has 1 saturated heterocycles. The Balaban J connectivity index is 2.11. The molecule has 1 aliphatic heterocycles. The monoisotopic (exact) mass is 283 g/mol. The summed E-state index contributed by atoms with van der Waals surface area (Å²) in [6, 6.07) is 8.34. The van der Waals surface area contributed by atoms with Crippen LogP contribution in [0.15, 0.2) is 28.7 Å². The molecule has 0 aromatic heterocycles. The summed E-state index contributed by atoms with van der Waals surface area (Å²) in [5.41, 5.74) is 1.18. The fraction of sp³-hybridized carbons (Fsp3) is 0.538. The number of nitrogens with one attached hydrogen (secondary N) is 1. The van der Waals surface area contributed by atoms with Crippen molar-refractivity contribution in [2.75, 3.05) is 13.2 Å². The van der Waals surface area contributed by atoms with Crippen LogP contribution in [-0.4, -0.2) is 23.8 Å². The fourth-order valence-corrected chi connectivity index (χ4v) is 2.86. The Kier molecular flexibility index (Phi) is 4.00. The third kappa shape index (κ3) is 2.84. The quantitative estimate of drug-likeness (QED) is 0.894. The highest BCUT2D eigenvalue weighted by atomic mass is 79.9. The molecule has 1 aromatic rings. The number of piperidine rings is 1. The average Bonchev–Trinajstić information content (AvgIpc) is 2.30. The lowest BCUT2D eigenvalue weighted by atomic mass is 9.84. The van der Waals surface area contributed by atoms with E-state index in [0.29, 0.717) is 0 Å². The van der Waals surface area contributed by atoms with E-state index in [4.69, 9.17) is 0 Å². The standard InChI is InChI=1S/C13H18BrNO/c14-12-5-3-4-11(8-12)9-13(10-16)6-1-2-7-15-13/h3-5,8,15-16H,1-2,6-7,9-10H2. The van der Waals surface area contributed by atoms with Crippen LogP contribution in [0.4, 0.5) is 0 Å². The number of aliphatic hydroxyl groups is 1. The van der Waals surface area contributed by atoms with Crippen molar-refractivity contribution in [2.24, 2.45) is 0 Å². The molecule has 1 unspecified atom stereocenters. The Morgan fingerprint density at radius 1 is 1.38 bits per heavy atom. The fourth-order valence-electron chi connectivity index (χ4n) is 2.41. The summed E-state index contributed by atoms with van der Waals surface area (Å²) >= 11 is 3.48. The van der Waals surface area contributed by atoms with Crippen LogP contribution >= 0.6 is 15.9 Å². The molecule has 2 N–H and O–H groups in total. The summed E-state index contributed by atoms with van der Waals surface area (Å²) in [6.45, 7) is 1.24. The first kappa shape index (κ1) is 12.1. The van der Waals surface area contributed by atoms with Crippen LogP contribution in [0.5, 0.6) is 0 Å². The summed E-state index contributed by atoms with van der Waals surface area (Å²) in [6.07, 6.45) is 4.40. The van der Waals surface area contributed by atoms with Crippen LogP contribution in [0, 0.1) is 0 Å². The van der Waals surface area contributed by atoms with Gasteiger partial charge in [-0.15, -0.1) is 0 Å². The van der Waals surface area contributed by atoms with E-state index in [9.17, 15) is 5.11 Å². The van der Waals surface area contributed by atoms with Crippen LogP contribution in [-0.2, 0) is 6.42 Å². The minimum atomic E-state index is -0.0982. The van der Waals surface area contributed by atoms with E-state index < -0.39 is 0 Å². The maximum absolute atomic E-state index is 9.60. The molecule has 1 fully saturated rings. The largest absolute Gasteiger partial charge is 0.394 e. The number of hydrogen-bond acceptors (Lipinski definition) is 2. The second-order valence-electron chi connectivity index (χ2n) is 4.63. The lowest BCUT2D eigenvalue weighted by molar-refractivity contribution is 0.131. The van der Waals surface area contributed by atoms with Crippen LogP contribution in [0.1, 0.15) is 24.8 Å². The topological polar surface area (TPSA) is 32.3 Å².